The highest BCUT2D eigenvalue weighted by Gasteiger charge is 2.11. The molecule has 0 radical (unpaired) electrons. The highest BCUT2D eigenvalue weighted by atomic mass is 79.9. The van der Waals surface area contributed by atoms with Crippen molar-refractivity contribution in [1.29, 1.82) is 0 Å². The molecule has 0 atom stereocenters. The van der Waals surface area contributed by atoms with Gasteiger partial charge in [-0.1, -0.05) is 22.0 Å². The first kappa shape index (κ1) is 15.9. The van der Waals surface area contributed by atoms with Crippen molar-refractivity contribution in [3.05, 3.63) is 53.0 Å². The molecular formula is C18H20BrN3O. The van der Waals surface area contributed by atoms with Gasteiger partial charge in [-0.15, -0.1) is 0 Å². The Balaban J connectivity index is 1.50. The van der Waals surface area contributed by atoms with Gasteiger partial charge in [-0.2, -0.15) is 0 Å². The van der Waals surface area contributed by atoms with E-state index in [1.54, 1.807) is 0 Å². The maximum atomic E-state index is 12.0. The van der Waals surface area contributed by atoms with Gasteiger partial charge in [0.2, 0.25) is 5.91 Å². The van der Waals surface area contributed by atoms with Gasteiger partial charge in [-0.25, -0.2) is 0 Å². The third-order valence-electron chi connectivity index (χ3n) is 3.90. The molecule has 2 aromatic carbocycles. The van der Waals surface area contributed by atoms with Gasteiger partial charge in [0.15, 0.2) is 0 Å². The van der Waals surface area contributed by atoms with Crippen LogP contribution in [-0.4, -0.2) is 25.5 Å². The highest BCUT2D eigenvalue weighted by Crippen LogP contribution is 2.22. The van der Waals surface area contributed by atoms with Gasteiger partial charge >= 0.3 is 0 Å². The fraction of sp³-hybridized carbons (Fsp3) is 0.278. The van der Waals surface area contributed by atoms with E-state index in [4.69, 9.17) is 0 Å². The normalized spacial score (nSPS) is 13.9. The molecule has 1 aliphatic rings. The van der Waals surface area contributed by atoms with Crippen molar-refractivity contribution in [3.63, 3.8) is 0 Å². The number of benzene rings is 2. The average Bonchev–Trinajstić information content (AvgIpc) is 3.08. The van der Waals surface area contributed by atoms with Crippen LogP contribution in [0.2, 0.25) is 0 Å². The fourth-order valence-corrected chi connectivity index (χ4v) is 3.12. The summed E-state index contributed by atoms with van der Waals surface area (Å²) in [5.74, 6) is -0.0632. The Labute approximate surface area is 145 Å². The van der Waals surface area contributed by atoms with E-state index in [9.17, 15) is 4.79 Å². The largest absolute Gasteiger partial charge is 0.376 e. The maximum absolute atomic E-state index is 12.0. The minimum absolute atomic E-state index is 0.0632. The first-order chi connectivity index (χ1) is 11.2. The Morgan fingerprint density at radius 2 is 1.78 bits per heavy atom. The lowest BCUT2D eigenvalue weighted by Crippen LogP contribution is -2.22. The topological polar surface area (TPSA) is 44.4 Å². The molecule has 2 N–H and O–H groups in total. The molecule has 0 spiro atoms. The summed E-state index contributed by atoms with van der Waals surface area (Å²) < 4.78 is 0.945. The minimum Gasteiger partial charge on any atom is -0.376 e. The second-order valence-electron chi connectivity index (χ2n) is 5.65. The van der Waals surface area contributed by atoms with Crippen LogP contribution < -0.4 is 15.5 Å². The summed E-state index contributed by atoms with van der Waals surface area (Å²) in [6.07, 6.45) is 2.55. The van der Waals surface area contributed by atoms with Gasteiger partial charge < -0.3 is 15.5 Å². The van der Waals surface area contributed by atoms with E-state index in [1.165, 1.54) is 18.5 Å². The standard InChI is InChI=1S/C18H20BrN3O/c19-14-4-3-5-16(12-14)21-18(23)13-20-15-6-8-17(9-7-15)22-10-1-2-11-22/h3-9,12,20H,1-2,10-11,13H2,(H,21,23). The van der Waals surface area contributed by atoms with Crippen LogP contribution in [0.3, 0.4) is 0 Å². The van der Waals surface area contributed by atoms with Crippen LogP contribution in [0, 0.1) is 0 Å². The molecule has 4 nitrogen and oxygen atoms in total. The number of nitrogens with zero attached hydrogens (tertiary/aromatic N) is 1. The van der Waals surface area contributed by atoms with Crippen LogP contribution in [0.5, 0.6) is 0 Å². The Morgan fingerprint density at radius 3 is 2.48 bits per heavy atom. The SMILES string of the molecule is O=C(CNc1ccc(N2CCCC2)cc1)Nc1cccc(Br)c1. The average molecular weight is 374 g/mol. The third kappa shape index (κ3) is 4.48. The molecule has 2 aromatic rings. The molecule has 0 unspecified atom stereocenters. The quantitative estimate of drug-likeness (QED) is 0.828. The lowest BCUT2D eigenvalue weighted by Gasteiger charge is -2.18. The summed E-state index contributed by atoms with van der Waals surface area (Å²) in [7, 11) is 0. The number of rotatable bonds is 5. The number of anilines is 3. The van der Waals surface area contributed by atoms with Crippen molar-refractivity contribution in [2.45, 2.75) is 12.8 Å². The lowest BCUT2D eigenvalue weighted by molar-refractivity contribution is -0.114. The molecule has 1 aliphatic heterocycles. The minimum atomic E-state index is -0.0632. The zero-order valence-electron chi connectivity index (χ0n) is 12.9. The lowest BCUT2D eigenvalue weighted by atomic mass is 10.2. The summed E-state index contributed by atoms with van der Waals surface area (Å²) in [5, 5.41) is 6.02. The first-order valence-corrected chi connectivity index (χ1v) is 8.64. The molecule has 0 aliphatic carbocycles. The van der Waals surface area contributed by atoms with Gasteiger partial charge in [-0.05, 0) is 55.3 Å². The Morgan fingerprint density at radius 1 is 1.04 bits per heavy atom. The molecule has 1 saturated heterocycles. The van der Waals surface area contributed by atoms with Gasteiger partial charge in [0.1, 0.15) is 0 Å². The number of hydrogen-bond donors (Lipinski definition) is 2. The van der Waals surface area contributed by atoms with Crippen molar-refractivity contribution >= 4 is 38.9 Å². The monoisotopic (exact) mass is 373 g/mol. The summed E-state index contributed by atoms with van der Waals surface area (Å²) in [5.41, 5.74) is 3.00. The molecule has 1 amide bonds. The summed E-state index contributed by atoms with van der Waals surface area (Å²) in [6, 6.07) is 15.8. The summed E-state index contributed by atoms with van der Waals surface area (Å²) in [6.45, 7) is 2.53. The molecule has 0 saturated carbocycles. The highest BCUT2D eigenvalue weighted by molar-refractivity contribution is 9.10. The van der Waals surface area contributed by atoms with Crippen LogP contribution in [-0.2, 0) is 4.79 Å². The van der Waals surface area contributed by atoms with Crippen molar-refractivity contribution < 1.29 is 4.79 Å². The van der Waals surface area contributed by atoms with Crippen LogP contribution in [0.1, 0.15) is 12.8 Å². The number of amides is 1. The van der Waals surface area contributed by atoms with Crippen molar-refractivity contribution in [3.8, 4) is 0 Å². The number of halogens is 1. The van der Waals surface area contributed by atoms with E-state index in [-0.39, 0.29) is 12.5 Å². The fourth-order valence-electron chi connectivity index (χ4n) is 2.72. The molecule has 23 heavy (non-hydrogen) atoms. The van der Waals surface area contributed by atoms with E-state index in [1.807, 2.05) is 36.4 Å². The van der Waals surface area contributed by atoms with E-state index in [2.05, 4.69) is 43.6 Å². The third-order valence-corrected chi connectivity index (χ3v) is 4.39. The molecule has 3 rings (SSSR count). The number of nitrogens with one attached hydrogen (secondary N) is 2. The molecule has 120 valence electrons. The predicted octanol–water partition coefficient (Wildman–Crippen LogP) is 4.10. The van der Waals surface area contributed by atoms with E-state index < -0.39 is 0 Å². The van der Waals surface area contributed by atoms with E-state index in [0.717, 1.165) is 28.9 Å². The van der Waals surface area contributed by atoms with E-state index >= 15 is 0 Å². The molecular weight excluding hydrogens is 354 g/mol. The molecule has 5 heteroatoms. The van der Waals surface area contributed by atoms with E-state index in [0.29, 0.717) is 0 Å². The zero-order valence-corrected chi connectivity index (χ0v) is 14.5. The second kappa shape index (κ2) is 7.51. The van der Waals surface area contributed by atoms with Gasteiger partial charge in [0.05, 0.1) is 6.54 Å². The molecule has 0 aromatic heterocycles. The smallest absolute Gasteiger partial charge is 0.243 e. The van der Waals surface area contributed by atoms with Crippen LogP contribution >= 0.6 is 15.9 Å². The Hall–Kier alpha value is -2.01. The molecule has 1 heterocycles. The van der Waals surface area contributed by atoms with Crippen LogP contribution in [0.25, 0.3) is 0 Å². The number of carbonyl (C=O) groups is 1. The zero-order chi connectivity index (χ0) is 16.1. The van der Waals surface area contributed by atoms with Gasteiger partial charge in [-0.3, -0.25) is 4.79 Å². The predicted molar refractivity (Wildman–Crippen MR) is 99.2 cm³/mol. The van der Waals surface area contributed by atoms with Crippen molar-refractivity contribution in [2.24, 2.45) is 0 Å². The second-order valence-corrected chi connectivity index (χ2v) is 6.57. The Bertz CT molecular complexity index is 666. The van der Waals surface area contributed by atoms with Crippen molar-refractivity contribution in [2.75, 3.05) is 35.2 Å². The molecule has 1 fully saturated rings. The molecule has 0 bridgehead atoms. The van der Waals surface area contributed by atoms with Gasteiger partial charge in [0.25, 0.3) is 0 Å². The number of carbonyl (C=O) groups excluding carboxylic acids is 1. The summed E-state index contributed by atoms with van der Waals surface area (Å²) >= 11 is 3.39. The van der Waals surface area contributed by atoms with Crippen molar-refractivity contribution in [1.82, 2.24) is 0 Å². The number of hydrogen-bond acceptors (Lipinski definition) is 3. The van der Waals surface area contributed by atoms with Crippen LogP contribution in [0.4, 0.5) is 17.1 Å². The first-order valence-electron chi connectivity index (χ1n) is 7.85. The summed E-state index contributed by atoms with van der Waals surface area (Å²) in [4.78, 5) is 14.4. The van der Waals surface area contributed by atoms with Crippen LogP contribution in [0.15, 0.2) is 53.0 Å². The maximum Gasteiger partial charge on any atom is 0.243 e. The Kier molecular flexibility index (Phi) is 5.18. The van der Waals surface area contributed by atoms with Gasteiger partial charge in [0, 0.05) is 34.6 Å².